The summed E-state index contributed by atoms with van der Waals surface area (Å²) in [5.41, 5.74) is 3.34. The van der Waals surface area contributed by atoms with Crippen molar-refractivity contribution < 1.29 is 8.78 Å². The van der Waals surface area contributed by atoms with Crippen LogP contribution in [0.5, 0.6) is 0 Å². The van der Waals surface area contributed by atoms with Gasteiger partial charge >= 0.3 is 0 Å². The number of rotatable bonds is 7. The molecule has 1 unspecified atom stereocenters. The first kappa shape index (κ1) is 14.1. The number of nitrogens with one attached hydrogen (secondary N) is 1. The van der Waals surface area contributed by atoms with Gasteiger partial charge in [-0.05, 0) is 30.5 Å². The van der Waals surface area contributed by atoms with Gasteiger partial charge in [0.1, 0.15) is 11.6 Å². The number of hydrogen-bond acceptors (Lipinski definition) is 2. The molecule has 1 aromatic carbocycles. The normalized spacial score (nSPS) is 12.7. The molecule has 0 saturated carbocycles. The van der Waals surface area contributed by atoms with E-state index in [0.717, 1.165) is 31.7 Å². The molecule has 0 aliphatic rings. The molecule has 1 aromatic rings. The highest BCUT2D eigenvalue weighted by Crippen LogP contribution is 2.13. The summed E-state index contributed by atoms with van der Waals surface area (Å²) in [7, 11) is 0. The topological polar surface area (TPSA) is 38.0 Å². The van der Waals surface area contributed by atoms with Crippen LogP contribution in [0.25, 0.3) is 0 Å². The number of halogens is 2. The third kappa shape index (κ3) is 5.24. The minimum Gasteiger partial charge on any atom is -0.271 e. The maximum atomic E-state index is 13.0. The Morgan fingerprint density at radius 1 is 1.18 bits per heavy atom. The first-order valence-corrected chi connectivity index (χ1v) is 6.06. The van der Waals surface area contributed by atoms with E-state index >= 15 is 0 Å². The van der Waals surface area contributed by atoms with E-state index in [9.17, 15) is 8.78 Å². The second-order valence-corrected chi connectivity index (χ2v) is 4.34. The molecule has 0 radical (unpaired) electrons. The molecular weight excluding hydrogens is 222 g/mol. The third-order valence-electron chi connectivity index (χ3n) is 2.80. The van der Waals surface area contributed by atoms with E-state index in [1.165, 1.54) is 12.1 Å². The van der Waals surface area contributed by atoms with Gasteiger partial charge in [0, 0.05) is 12.1 Å². The van der Waals surface area contributed by atoms with Crippen molar-refractivity contribution in [3.63, 3.8) is 0 Å². The fraction of sp³-hybridized carbons (Fsp3) is 0.538. The molecule has 0 bridgehead atoms. The first-order chi connectivity index (χ1) is 8.15. The third-order valence-corrected chi connectivity index (χ3v) is 2.80. The van der Waals surface area contributed by atoms with Gasteiger partial charge in [0.15, 0.2) is 0 Å². The summed E-state index contributed by atoms with van der Waals surface area (Å²) in [5.74, 6) is 4.37. The van der Waals surface area contributed by atoms with Gasteiger partial charge in [-0.2, -0.15) is 0 Å². The summed E-state index contributed by atoms with van der Waals surface area (Å²) in [6.45, 7) is 2.13. The van der Waals surface area contributed by atoms with Gasteiger partial charge in [0.2, 0.25) is 0 Å². The second-order valence-electron chi connectivity index (χ2n) is 4.34. The molecule has 17 heavy (non-hydrogen) atoms. The zero-order valence-electron chi connectivity index (χ0n) is 10.2. The number of hydrazine groups is 1. The van der Waals surface area contributed by atoms with Gasteiger partial charge in [0.25, 0.3) is 0 Å². The largest absolute Gasteiger partial charge is 0.271 e. The maximum Gasteiger partial charge on any atom is 0.126 e. The molecule has 0 heterocycles. The Labute approximate surface area is 101 Å². The summed E-state index contributed by atoms with van der Waals surface area (Å²) in [6, 6.07) is 3.66. The second kappa shape index (κ2) is 7.35. The van der Waals surface area contributed by atoms with Crippen molar-refractivity contribution >= 4 is 0 Å². The Bertz CT molecular complexity index is 322. The smallest absolute Gasteiger partial charge is 0.126 e. The van der Waals surface area contributed by atoms with Crippen molar-refractivity contribution in [2.24, 2.45) is 5.84 Å². The van der Waals surface area contributed by atoms with Crippen LogP contribution in [0.3, 0.4) is 0 Å². The standard InChI is InChI=1S/C13H20F2N2/c1-2-3-4-5-13(17-16)8-10-6-11(14)9-12(15)7-10/h6-7,9,13,17H,2-5,8,16H2,1H3. The SMILES string of the molecule is CCCCCC(Cc1cc(F)cc(F)c1)NN. The van der Waals surface area contributed by atoms with Crippen LogP contribution in [-0.4, -0.2) is 6.04 Å². The van der Waals surface area contributed by atoms with Crippen LogP contribution in [0.4, 0.5) is 8.78 Å². The molecule has 0 amide bonds. The Morgan fingerprint density at radius 2 is 1.82 bits per heavy atom. The molecule has 0 fully saturated rings. The number of benzene rings is 1. The van der Waals surface area contributed by atoms with Crippen LogP contribution < -0.4 is 11.3 Å². The van der Waals surface area contributed by atoms with Gasteiger partial charge < -0.3 is 0 Å². The summed E-state index contributed by atoms with van der Waals surface area (Å²) >= 11 is 0. The number of nitrogens with two attached hydrogens (primary N) is 1. The van der Waals surface area contributed by atoms with Crippen molar-refractivity contribution in [3.05, 3.63) is 35.4 Å². The van der Waals surface area contributed by atoms with Crippen LogP contribution in [0.2, 0.25) is 0 Å². The Balaban J connectivity index is 2.54. The monoisotopic (exact) mass is 242 g/mol. The predicted octanol–water partition coefficient (Wildman–Crippen LogP) is 2.92. The minimum atomic E-state index is -0.538. The predicted molar refractivity (Wildman–Crippen MR) is 65.3 cm³/mol. The van der Waals surface area contributed by atoms with Crippen LogP contribution in [-0.2, 0) is 6.42 Å². The molecule has 0 saturated heterocycles. The molecular formula is C13H20F2N2. The van der Waals surface area contributed by atoms with Crippen LogP contribution >= 0.6 is 0 Å². The zero-order valence-corrected chi connectivity index (χ0v) is 10.2. The van der Waals surface area contributed by atoms with Gasteiger partial charge in [-0.25, -0.2) is 8.78 Å². The fourth-order valence-electron chi connectivity index (χ4n) is 1.90. The van der Waals surface area contributed by atoms with Crippen molar-refractivity contribution in [1.82, 2.24) is 5.43 Å². The highest BCUT2D eigenvalue weighted by molar-refractivity contribution is 5.18. The average Bonchev–Trinajstić information content (AvgIpc) is 2.26. The van der Waals surface area contributed by atoms with E-state index in [1.807, 2.05) is 0 Å². The minimum absolute atomic E-state index is 0.0720. The van der Waals surface area contributed by atoms with Crippen molar-refractivity contribution in [2.75, 3.05) is 0 Å². The molecule has 3 N–H and O–H groups in total. The average molecular weight is 242 g/mol. The number of hydrogen-bond donors (Lipinski definition) is 2. The summed E-state index contributed by atoms with van der Waals surface area (Å²) in [5, 5.41) is 0. The molecule has 0 spiro atoms. The first-order valence-electron chi connectivity index (χ1n) is 6.06. The van der Waals surface area contributed by atoms with Gasteiger partial charge in [-0.3, -0.25) is 11.3 Å². The number of unbranched alkanes of at least 4 members (excludes halogenated alkanes) is 2. The van der Waals surface area contributed by atoms with Gasteiger partial charge in [-0.15, -0.1) is 0 Å². The van der Waals surface area contributed by atoms with Crippen LogP contribution in [0.15, 0.2) is 18.2 Å². The Morgan fingerprint density at radius 3 is 2.35 bits per heavy atom. The summed E-state index contributed by atoms with van der Waals surface area (Å²) in [6.07, 6.45) is 4.84. The van der Waals surface area contributed by atoms with Crippen LogP contribution in [0, 0.1) is 11.6 Å². The molecule has 0 aliphatic carbocycles. The lowest BCUT2D eigenvalue weighted by molar-refractivity contribution is 0.464. The molecule has 1 rings (SSSR count). The lowest BCUT2D eigenvalue weighted by atomic mass is 10.0. The molecule has 96 valence electrons. The van der Waals surface area contributed by atoms with E-state index < -0.39 is 11.6 Å². The lowest BCUT2D eigenvalue weighted by Gasteiger charge is -2.15. The van der Waals surface area contributed by atoms with Crippen molar-refractivity contribution in [1.29, 1.82) is 0 Å². The summed E-state index contributed by atoms with van der Waals surface area (Å²) < 4.78 is 26.0. The van der Waals surface area contributed by atoms with Crippen molar-refractivity contribution in [2.45, 2.75) is 45.1 Å². The molecule has 0 aliphatic heterocycles. The lowest BCUT2D eigenvalue weighted by Crippen LogP contribution is -2.36. The zero-order chi connectivity index (χ0) is 12.7. The highest BCUT2D eigenvalue weighted by atomic mass is 19.1. The highest BCUT2D eigenvalue weighted by Gasteiger charge is 2.09. The van der Waals surface area contributed by atoms with Crippen LogP contribution in [0.1, 0.15) is 38.2 Å². The molecule has 4 heteroatoms. The van der Waals surface area contributed by atoms with E-state index in [2.05, 4.69) is 12.3 Å². The van der Waals surface area contributed by atoms with Gasteiger partial charge in [0.05, 0.1) is 0 Å². The molecule has 1 atom stereocenters. The molecule has 0 aromatic heterocycles. The fourth-order valence-corrected chi connectivity index (χ4v) is 1.90. The Kier molecular flexibility index (Phi) is 6.08. The van der Waals surface area contributed by atoms with E-state index in [4.69, 9.17) is 5.84 Å². The van der Waals surface area contributed by atoms with Crippen molar-refractivity contribution in [3.8, 4) is 0 Å². The Hall–Kier alpha value is -1.00. The van der Waals surface area contributed by atoms with E-state index in [0.29, 0.717) is 12.0 Å². The van der Waals surface area contributed by atoms with Gasteiger partial charge in [-0.1, -0.05) is 26.2 Å². The van der Waals surface area contributed by atoms with E-state index in [-0.39, 0.29) is 6.04 Å². The van der Waals surface area contributed by atoms with E-state index in [1.54, 1.807) is 0 Å². The quantitative estimate of drug-likeness (QED) is 0.438. The summed E-state index contributed by atoms with van der Waals surface area (Å²) in [4.78, 5) is 0. The molecule has 2 nitrogen and oxygen atoms in total. The maximum absolute atomic E-state index is 13.0.